The zero-order valence-corrected chi connectivity index (χ0v) is 18.2. The van der Waals surface area contributed by atoms with Gasteiger partial charge >= 0.3 is 0 Å². The van der Waals surface area contributed by atoms with Crippen molar-refractivity contribution in [2.45, 2.75) is 64.2 Å². The third-order valence-corrected chi connectivity index (χ3v) is 7.04. The number of ether oxygens (including phenoxy) is 1. The fourth-order valence-electron chi connectivity index (χ4n) is 5.21. The first-order valence-electron chi connectivity index (χ1n) is 12.0. The molecule has 3 aliphatic rings. The van der Waals surface area contributed by atoms with Crippen molar-refractivity contribution in [3.05, 3.63) is 29.8 Å². The van der Waals surface area contributed by atoms with Crippen molar-refractivity contribution in [2.24, 2.45) is 11.8 Å². The number of nitrogens with zero attached hydrogens (tertiary/aromatic N) is 2. The van der Waals surface area contributed by atoms with E-state index in [1.165, 1.54) is 32.1 Å². The van der Waals surface area contributed by atoms with Crippen LogP contribution in [0.1, 0.15) is 74.6 Å². The Bertz CT molecular complexity index is 706. The minimum Gasteiger partial charge on any atom is -0.493 e. The van der Waals surface area contributed by atoms with Crippen molar-refractivity contribution in [1.82, 2.24) is 9.80 Å². The molecule has 164 valence electrons. The van der Waals surface area contributed by atoms with E-state index in [4.69, 9.17) is 4.74 Å². The minimum absolute atomic E-state index is 0.124. The summed E-state index contributed by atoms with van der Waals surface area (Å²) in [6.45, 7) is 4.09. The number of amides is 2. The fourth-order valence-corrected chi connectivity index (χ4v) is 5.21. The molecule has 30 heavy (non-hydrogen) atoms. The smallest absolute Gasteiger partial charge is 0.253 e. The van der Waals surface area contributed by atoms with Crippen LogP contribution in [0.25, 0.3) is 0 Å². The lowest BCUT2D eigenvalue weighted by atomic mass is 9.86. The number of hydrogen-bond acceptors (Lipinski definition) is 3. The maximum Gasteiger partial charge on any atom is 0.253 e. The highest BCUT2D eigenvalue weighted by Gasteiger charge is 2.26. The van der Waals surface area contributed by atoms with Gasteiger partial charge in [0.15, 0.2) is 0 Å². The van der Waals surface area contributed by atoms with Crippen LogP contribution >= 0.6 is 0 Å². The molecule has 2 saturated heterocycles. The molecule has 5 heteroatoms. The number of likely N-dealkylation sites (tertiary alicyclic amines) is 2. The summed E-state index contributed by atoms with van der Waals surface area (Å²) < 4.78 is 6.02. The summed E-state index contributed by atoms with van der Waals surface area (Å²) in [6.07, 6.45) is 11.5. The first-order valence-corrected chi connectivity index (χ1v) is 12.0. The summed E-state index contributed by atoms with van der Waals surface area (Å²) in [5, 5.41) is 0. The molecule has 2 aliphatic heterocycles. The van der Waals surface area contributed by atoms with Crippen LogP contribution in [0.3, 0.4) is 0 Å². The molecule has 1 aliphatic carbocycles. The lowest BCUT2D eigenvalue weighted by Gasteiger charge is -2.34. The Labute approximate surface area is 180 Å². The molecule has 0 spiro atoms. The third-order valence-electron chi connectivity index (χ3n) is 7.04. The number of carbonyl (C=O) groups excluding carboxylic acids is 2. The highest BCUT2D eigenvalue weighted by molar-refractivity contribution is 5.94. The SMILES string of the molecule is O=C(CC1CCCCC1)N1CCC[C@H](COc2ccc(C(=O)N3CCCC3)cc2)C1. The Morgan fingerprint density at radius 2 is 1.47 bits per heavy atom. The number of hydrogen-bond donors (Lipinski definition) is 0. The van der Waals surface area contributed by atoms with Crippen molar-refractivity contribution in [2.75, 3.05) is 32.8 Å². The zero-order valence-electron chi connectivity index (χ0n) is 18.2. The Morgan fingerprint density at radius 3 is 2.20 bits per heavy atom. The van der Waals surface area contributed by atoms with Crippen LogP contribution in [0, 0.1) is 11.8 Å². The topological polar surface area (TPSA) is 49.9 Å². The molecular formula is C25H36N2O3. The van der Waals surface area contributed by atoms with Gasteiger partial charge in [0.1, 0.15) is 5.75 Å². The molecule has 3 fully saturated rings. The van der Waals surface area contributed by atoms with Gasteiger partial charge in [0, 0.05) is 44.1 Å². The third kappa shape index (κ3) is 5.55. The normalized spacial score (nSPS) is 22.9. The van der Waals surface area contributed by atoms with Gasteiger partial charge in [-0.3, -0.25) is 9.59 Å². The Hall–Kier alpha value is -2.04. The van der Waals surface area contributed by atoms with Gasteiger partial charge < -0.3 is 14.5 Å². The molecule has 0 radical (unpaired) electrons. The molecule has 0 bridgehead atoms. The second-order valence-electron chi connectivity index (χ2n) is 9.39. The minimum atomic E-state index is 0.124. The van der Waals surface area contributed by atoms with Crippen LogP contribution in [0.15, 0.2) is 24.3 Å². The van der Waals surface area contributed by atoms with Crippen LogP contribution in [-0.2, 0) is 4.79 Å². The summed E-state index contributed by atoms with van der Waals surface area (Å²) in [6, 6.07) is 7.55. The largest absolute Gasteiger partial charge is 0.493 e. The molecule has 1 aromatic carbocycles. The molecule has 0 unspecified atom stereocenters. The summed E-state index contributed by atoms with van der Waals surface area (Å²) in [7, 11) is 0. The fraction of sp³-hybridized carbons (Fsp3) is 0.680. The van der Waals surface area contributed by atoms with Crippen molar-refractivity contribution in [3.8, 4) is 5.75 Å². The molecule has 1 atom stereocenters. The first kappa shape index (κ1) is 21.2. The monoisotopic (exact) mass is 412 g/mol. The molecule has 1 saturated carbocycles. The number of benzene rings is 1. The van der Waals surface area contributed by atoms with Crippen LogP contribution < -0.4 is 4.74 Å². The summed E-state index contributed by atoms with van der Waals surface area (Å²) in [5.74, 6) is 2.26. The summed E-state index contributed by atoms with van der Waals surface area (Å²) in [4.78, 5) is 29.2. The molecule has 0 N–H and O–H groups in total. The van der Waals surface area contributed by atoms with Crippen LogP contribution in [-0.4, -0.2) is 54.4 Å². The lowest BCUT2D eigenvalue weighted by molar-refractivity contribution is -0.134. The van der Waals surface area contributed by atoms with E-state index in [9.17, 15) is 9.59 Å². The Balaban J connectivity index is 1.23. The zero-order chi connectivity index (χ0) is 20.8. The highest BCUT2D eigenvalue weighted by atomic mass is 16.5. The van der Waals surface area contributed by atoms with Gasteiger partial charge in [0.05, 0.1) is 6.61 Å². The van der Waals surface area contributed by atoms with E-state index in [1.807, 2.05) is 29.2 Å². The average molecular weight is 413 g/mol. The van der Waals surface area contributed by atoms with E-state index in [1.54, 1.807) is 0 Å². The van der Waals surface area contributed by atoms with Crippen LogP contribution in [0.2, 0.25) is 0 Å². The van der Waals surface area contributed by atoms with Gasteiger partial charge in [-0.25, -0.2) is 0 Å². The van der Waals surface area contributed by atoms with Gasteiger partial charge in [-0.1, -0.05) is 19.3 Å². The maximum atomic E-state index is 12.7. The van der Waals surface area contributed by atoms with E-state index >= 15 is 0 Å². The second kappa shape index (κ2) is 10.3. The van der Waals surface area contributed by atoms with Crippen molar-refractivity contribution >= 4 is 11.8 Å². The molecule has 0 aromatic heterocycles. The second-order valence-corrected chi connectivity index (χ2v) is 9.39. The summed E-state index contributed by atoms with van der Waals surface area (Å²) in [5.41, 5.74) is 0.737. The number of carbonyl (C=O) groups is 2. The van der Waals surface area contributed by atoms with Crippen molar-refractivity contribution < 1.29 is 14.3 Å². The van der Waals surface area contributed by atoms with Gasteiger partial charge in [-0.2, -0.15) is 0 Å². The quantitative estimate of drug-likeness (QED) is 0.691. The highest BCUT2D eigenvalue weighted by Crippen LogP contribution is 2.28. The van der Waals surface area contributed by atoms with E-state index in [0.29, 0.717) is 24.3 Å². The lowest BCUT2D eigenvalue weighted by Crippen LogP contribution is -2.42. The van der Waals surface area contributed by atoms with Crippen molar-refractivity contribution in [1.29, 1.82) is 0 Å². The predicted molar refractivity (Wildman–Crippen MR) is 118 cm³/mol. The Morgan fingerprint density at radius 1 is 0.800 bits per heavy atom. The molecule has 2 heterocycles. The maximum absolute atomic E-state index is 12.7. The molecule has 2 amide bonds. The van der Waals surface area contributed by atoms with Gasteiger partial charge in [-0.05, 0) is 68.7 Å². The Kier molecular flexibility index (Phi) is 7.29. The van der Waals surface area contributed by atoms with Gasteiger partial charge in [0.2, 0.25) is 5.91 Å². The van der Waals surface area contributed by atoms with E-state index in [0.717, 1.165) is 69.6 Å². The molecular weight excluding hydrogens is 376 g/mol. The van der Waals surface area contributed by atoms with Gasteiger partial charge in [-0.15, -0.1) is 0 Å². The van der Waals surface area contributed by atoms with E-state index in [-0.39, 0.29) is 5.91 Å². The predicted octanol–water partition coefficient (Wildman–Crippen LogP) is 4.51. The molecule has 5 nitrogen and oxygen atoms in total. The van der Waals surface area contributed by atoms with E-state index in [2.05, 4.69) is 4.90 Å². The number of piperidine rings is 1. The molecule has 1 aromatic rings. The first-order chi connectivity index (χ1) is 14.7. The standard InChI is InChI=1S/C25H36N2O3/c28-24(17-20-7-2-1-3-8-20)27-16-6-9-21(18-27)19-30-23-12-10-22(11-13-23)25(29)26-14-4-5-15-26/h10-13,20-21H,1-9,14-19H2/t21-/m0/s1. The van der Waals surface area contributed by atoms with Crippen LogP contribution in [0.4, 0.5) is 0 Å². The summed E-state index contributed by atoms with van der Waals surface area (Å²) >= 11 is 0. The average Bonchev–Trinajstić information content (AvgIpc) is 3.33. The number of rotatable bonds is 6. The van der Waals surface area contributed by atoms with Crippen molar-refractivity contribution in [3.63, 3.8) is 0 Å². The molecule has 4 rings (SSSR count). The van der Waals surface area contributed by atoms with Crippen LogP contribution in [0.5, 0.6) is 5.75 Å². The van der Waals surface area contributed by atoms with Gasteiger partial charge in [0.25, 0.3) is 5.91 Å². The van der Waals surface area contributed by atoms with E-state index < -0.39 is 0 Å².